The molecule has 0 unspecified atom stereocenters. The molecule has 4 nitrogen and oxygen atoms in total. The minimum absolute atomic E-state index is 0.0366. The van der Waals surface area contributed by atoms with E-state index in [0.29, 0.717) is 19.7 Å². The maximum absolute atomic E-state index is 12.5. The van der Waals surface area contributed by atoms with Gasteiger partial charge in [0.2, 0.25) is 0 Å². The maximum Gasteiger partial charge on any atom is 0.254 e. The Balaban J connectivity index is 1.71. The van der Waals surface area contributed by atoms with Crippen LogP contribution in [0.4, 0.5) is 0 Å². The van der Waals surface area contributed by atoms with Crippen molar-refractivity contribution in [1.82, 2.24) is 4.90 Å². The quantitative estimate of drug-likeness (QED) is 0.877. The van der Waals surface area contributed by atoms with Crippen LogP contribution in [-0.2, 0) is 11.3 Å². The average molecular weight is 260 g/mol. The third-order valence-corrected chi connectivity index (χ3v) is 4.24. The predicted octanol–water partition coefficient (Wildman–Crippen LogP) is 1.54. The molecule has 1 aromatic carbocycles. The Morgan fingerprint density at radius 3 is 2.63 bits per heavy atom. The molecule has 2 N–H and O–H groups in total. The average Bonchev–Trinajstić information content (AvgIpc) is 2.45. The van der Waals surface area contributed by atoms with Crippen LogP contribution >= 0.6 is 0 Å². The summed E-state index contributed by atoms with van der Waals surface area (Å²) in [7, 11) is 0. The van der Waals surface area contributed by atoms with E-state index in [-0.39, 0.29) is 11.5 Å². The summed E-state index contributed by atoms with van der Waals surface area (Å²) >= 11 is 0. The molecule has 1 heterocycles. The highest BCUT2D eigenvalue weighted by Gasteiger charge is 2.43. The molecule has 1 saturated carbocycles. The highest BCUT2D eigenvalue weighted by Crippen LogP contribution is 2.38. The van der Waals surface area contributed by atoms with Crippen LogP contribution in [0.15, 0.2) is 24.3 Å². The van der Waals surface area contributed by atoms with Crippen LogP contribution in [0, 0.1) is 0 Å². The van der Waals surface area contributed by atoms with Crippen molar-refractivity contribution in [3.8, 4) is 0 Å². The third kappa shape index (κ3) is 2.38. The van der Waals surface area contributed by atoms with E-state index in [4.69, 9.17) is 10.5 Å². The molecule has 0 aromatic heterocycles. The fraction of sp³-hybridized carbons (Fsp3) is 0.533. The van der Waals surface area contributed by atoms with Crippen LogP contribution in [0.25, 0.3) is 0 Å². The van der Waals surface area contributed by atoms with Crippen molar-refractivity contribution in [2.45, 2.75) is 31.4 Å². The van der Waals surface area contributed by atoms with Crippen molar-refractivity contribution in [1.29, 1.82) is 0 Å². The summed E-state index contributed by atoms with van der Waals surface area (Å²) in [6, 6.07) is 7.58. The number of amides is 1. The Morgan fingerprint density at radius 2 is 2.05 bits per heavy atom. The SMILES string of the molecule is NCc1ccc(C(=O)N2CCOC3(CCC3)C2)cc1. The molecule has 0 radical (unpaired) electrons. The van der Waals surface area contributed by atoms with Gasteiger partial charge in [-0.05, 0) is 37.0 Å². The van der Waals surface area contributed by atoms with Crippen LogP contribution in [0.3, 0.4) is 0 Å². The van der Waals surface area contributed by atoms with Gasteiger partial charge in [-0.2, -0.15) is 0 Å². The van der Waals surface area contributed by atoms with Crippen molar-refractivity contribution in [3.63, 3.8) is 0 Å². The smallest absolute Gasteiger partial charge is 0.254 e. The van der Waals surface area contributed by atoms with Gasteiger partial charge in [-0.25, -0.2) is 0 Å². The Hall–Kier alpha value is -1.39. The first-order valence-electron chi connectivity index (χ1n) is 6.95. The lowest BCUT2D eigenvalue weighted by atomic mass is 9.79. The summed E-state index contributed by atoms with van der Waals surface area (Å²) in [6.07, 6.45) is 3.39. The summed E-state index contributed by atoms with van der Waals surface area (Å²) in [5.74, 6) is 0.109. The lowest BCUT2D eigenvalue weighted by Gasteiger charge is -2.48. The zero-order chi connectivity index (χ0) is 13.3. The summed E-state index contributed by atoms with van der Waals surface area (Å²) in [5, 5.41) is 0. The highest BCUT2D eigenvalue weighted by atomic mass is 16.5. The van der Waals surface area contributed by atoms with Crippen LogP contribution in [0.2, 0.25) is 0 Å². The number of rotatable bonds is 2. The second-order valence-corrected chi connectivity index (χ2v) is 5.51. The number of benzene rings is 1. The van der Waals surface area contributed by atoms with Crippen molar-refractivity contribution in [2.24, 2.45) is 5.73 Å². The summed E-state index contributed by atoms with van der Waals surface area (Å²) in [5.41, 5.74) is 7.33. The lowest BCUT2D eigenvalue weighted by molar-refractivity contribution is -0.142. The molecule has 1 amide bonds. The molecule has 1 aliphatic heterocycles. The van der Waals surface area contributed by atoms with Gasteiger partial charge in [-0.1, -0.05) is 12.1 Å². The number of nitrogens with two attached hydrogens (primary N) is 1. The van der Waals surface area contributed by atoms with Gasteiger partial charge in [-0.3, -0.25) is 4.79 Å². The van der Waals surface area contributed by atoms with Crippen LogP contribution in [0.1, 0.15) is 35.2 Å². The summed E-state index contributed by atoms with van der Waals surface area (Å²) in [4.78, 5) is 14.4. The third-order valence-electron chi connectivity index (χ3n) is 4.24. The first-order valence-corrected chi connectivity index (χ1v) is 6.95. The molecule has 1 aliphatic carbocycles. The maximum atomic E-state index is 12.5. The molecule has 1 spiro atoms. The molecule has 0 atom stereocenters. The molecule has 4 heteroatoms. The van der Waals surface area contributed by atoms with E-state index < -0.39 is 0 Å². The highest BCUT2D eigenvalue weighted by molar-refractivity contribution is 5.94. The second-order valence-electron chi connectivity index (χ2n) is 5.51. The topological polar surface area (TPSA) is 55.6 Å². The Bertz CT molecular complexity index is 466. The molecular formula is C15H20N2O2. The largest absolute Gasteiger partial charge is 0.371 e. The van der Waals surface area contributed by atoms with Gasteiger partial charge in [0.05, 0.1) is 18.8 Å². The van der Waals surface area contributed by atoms with Crippen molar-refractivity contribution in [2.75, 3.05) is 19.7 Å². The van der Waals surface area contributed by atoms with Crippen LogP contribution in [0.5, 0.6) is 0 Å². The summed E-state index contributed by atoms with van der Waals surface area (Å²) < 4.78 is 5.84. The zero-order valence-electron chi connectivity index (χ0n) is 11.1. The van der Waals surface area contributed by atoms with Gasteiger partial charge in [0.1, 0.15) is 0 Å². The van der Waals surface area contributed by atoms with Gasteiger partial charge in [0.15, 0.2) is 0 Å². The van der Waals surface area contributed by atoms with E-state index in [2.05, 4.69) is 0 Å². The lowest BCUT2D eigenvalue weighted by Crippen LogP contribution is -2.57. The first kappa shape index (κ1) is 12.6. The van der Waals surface area contributed by atoms with Gasteiger partial charge in [0, 0.05) is 18.7 Å². The standard InChI is InChI=1S/C15H20N2O2/c16-10-12-2-4-13(5-3-12)14(18)17-8-9-19-15(11-17)6-1-7-15/h2-5H,1,6-11,16H2. The minimum atomic E-state index is -0.0366. The number of hydrogen-bond acceptors (Lipinski definition) is 3. The van der Waals surface area contributed by atoms with Gasteiger partial charge in [-0.15, -0.1) is 0 Å². The van der Waals surface area contributed by atoms with E-state index in [1.54, 1.807) is 0 Å². The Morgan fingerprint density at radius 1 is 1.32 bits per heavy atom. The molecule has 2 aliphatic rings. The van der Waals surface area contributed by atoms with Crippen LogP contribution < -0.4 is 5.73 Å². The molecule has 19 heavy (non-hydrogen) atoms. The number of hydrogen-bond donors (Lipinski definition) is 1. The fourth-order valence-electron chi connectivity index (χ4n) is 2.86. The predicted molar refractivity (Wildman–Crippen MR) is 72.8 cm³/mol. The number of morpholine rings is 1. The molecule has 1 aromatic rings. The molecular weight excluding hydrogens is 240 g/mol. The summed E-state index contributed by atoms with van der Waals surface area (Å²) in [6.45, 7) is 2.60. The normalized spacial score (nSPS) is 21.2. The molecule has 102 valence electrons. The number of ether oxygens (including phenoxy) is 1. The van der Waals surface area contributed by atoms with E-state index in [1.165, 1.54) is 6.42 Å². The fourth-order valence-corrected chi connectivity index (χ4v) is 2.86. The van der Waals surface area contributed by atoms with Gasteiger partial charge in [0.25, 0.3) is 5.91 Å². The first-order chi connectivity index (χ1) is 9.22. The van der Waals surface area contributed by atoms with E-state index in [0.717, 1.165) is 30.5 Å². The molecule has 1 saturated heterocycles. The monoisotopic (exact) mass is 260 g/mol. The number of nitrogens with zero attached hydrogens (tertiary/aromatic N) is 1. The number of carbonyl (C=O) groups is 1. The van der Waals surface area contributed by atoms with Crippen molar-refractivity contribution in [3.05, 3.63) is 35.4 Å². The Kier molecular flexibility index (Phi) is 3.29. The minimum Gasteiger partial charge on any atom is -0.371 e. The van der Waals surface area contributed by atoms with Crippen molar-refractivity contribution < 1.29 is 9.53 Å². The van der Waals surface area contributed by atoms with Crippen molar-refractivity contribution >= 4 is 5.91 Å². The Labute approximate surface area is 113 Å². The van der Waals surface area contributed by atoms with E-state index in [9.17, 15) is 4.79 Å². The molecule has 0 bridgehead atoms. The van der Waals surface area contributed by atoms with Gasteiger partial charge < -0.3 is 15.4 Å². The molecule has 3 rings (SSSR count). The van der Waals surface area contributed by atoms with E-state index in [1.807, 2.05) is 29.2 Å². The van der Waals surface area contributed by atoms with Crippen LogP contribution in [-0.4, -0.2) is 36.1 Å². The van der Waals surface area contributed by atoms with Gasteiger partial charge >= 0.3 is 0 Å². The zero-order valence-corrected chi connectivity index (χ0v) is 11.1. The molecule has 2 fully saturated rings. The number of carbonyl (C=O) groups excluding carboxylic acids is 1. The second kappa shape index (κ2) is 4.94. The van der Waals surface area contributed by atoms with E-state index >= 15 is 0 Å².